The van der Waals surface area contributed by atoms with Gasteiger partial charge in [-0.05, 0) is 60.9 Å². The van der Waals surface area contributed by atoms with Gasteiger partial charge < -0.3 is 20.4 Å². The van der Waals surface area contributed by atoms with E-state index in [0.29, 0.717) is 22.8 Å². The zero-order valence-electron chi connectivity index (χ0n) is 13.9. The van der Waals surface area contributed by atoms with Crippen molar-refractivity contribution in [2.24, 2.45) is 5.73 Å². The second-order valence-electron chi connectivity index (χ2n) is 6.07. The lowest BCUT2D eigenvalue weighted by Crippen LogP contribution is -2.41. The number of nitrogens with two attached hydrogens (primary N) is 1. The molecule has 1 heterocycles. The molecule has 0 amide bonds. The predicted molar refractivity (Wildman–Crippen MR) is 95.1 cm³/mol. The summed E-state index contributed by atoms with van der Waals surface area (Å²) in [5, 5.41) is 9.49. The van der Waals surface area contributed by atoms with Crippen LogP contribution in [0.2, 0.25) is 5.02 Å². The van der Waals surface area contributed by atoms with Crippen LogP contribution >= 0.6 is 11.6 Å². The molecule has 2 aromatic rings. The molecule has 142 valence electrons. The Hall–Kier alpha value is -2.42. The highest BCUT2D eigenvalue weighted by Gasteiger charge is 2.32. The van der Waals surface area contributed by atoms with Crippen LogP contribution in [0.3, 0.4) is 0 Å². The van der Waals surface area contributed by atoms with Crippen molar-refractivity contribution in [3.05, 3.63) is 58.6 Å². The smallest absolute Gasteiger partial charge is 0.201 e. The lowest BCUT2D eigenvalue weighted by atomic mass is 9.98. The second-order valence-corrected chi connectivity index (χ2v) is 8.58. The van der Waals surface area contributed by atoms with E-state index in [1.165, 1.54) is 42.5 Å². The summed E-state index contributed by atoms with van der Waals surface area (Å²) >= 11 is 5.75. The molecule has 0 bridgehead atoms. The third-order valence-corrected chi connectivity index (χ3v) is 6.35. The summed E-state index contributed by atoms with van der Waals surface area (Å²) in [6, 6.07) is 9.62. The van der Waals surface area contributed by atoms with E-state index in [-0.39, 0.29) is 16.9 Å². The number of carbonyl (C=O) groups is 2. The molecule has 3 rings (SSSR count). The van der Waals surface area contributed by atoms with Gasteiger partial charge in [0.1, 0.15) is 11.9 Å². The molecule has 2 N–H and O–H groups in total. The minimum atomic E-state index is -4.09. The summed E-state index contributed by atoms with van der Waals surface area (Å²) in [5.74, 6) is -1.76. The average molecular weight is 409 g/mol. The number of rotatable bonds is 5. The number of carbonyl (C=O) groups excluding carboxylic acids is 2. The zero-order valence-corrected chi connectivity index (χ0v) is 15.5. The molecular formula is C18H15ClNO6S-. The van der Waals surface area contributed by atoms with Gasteiger partial charge in [0, 0.05) is 10.6 Å². The number of carboxylic acids is 1. The number of ketones is 1. The van der Waals surface area contributed by atoms with Gasteiger partial charge in [0.2, 0.25) is 9.84 Å². The number of fused-ring (bicyclic) bond motifs is 1. The number of halogens is 1. The van der Waals surface area contributed by atoms with Gasteiger partial charge >= 0.3 is 0 Å². The summed E-state index contributed by atoms with van der Waals surface area (Å²) in [5.41, 5.74) is 6.46. The number of carboxylic acid groups (broad SMARTS) is 1. The molecule has 0 radical (unpaired) electrons. The summed E-state index contributed by atoms with van der Waals surface area (Å²) in [7, 11) is -4.09. The molecule has 0 aliphatic carbocycles. The predicted octanol–water partition coefficient (Wildman–Crippen LogP) is 0.725. The van der Waals surface area contributed by atoms with Crippen molar-refractivity contribution in [2.45, 2.75) is 29.2 Å². The Balaban J connectivity index is 1.85. The van der Waals surface area contributed by atoms with Gasteiger partial charge in [-0.2, -0.15) is 0 Å². The SMILES string of the molecule is NC(C(=O)c1ccc2c(c1)CCC(C(=O)[O-])O2)S(=O)(=O)c1ccc(Cl)cc1. The first-order chi connectivity index (χ1) is 12.7. The third-order valence-electron chi connectivity index (χ3n) is 4.29. The fraction of sp³-hybridized carbons (Fsp3) is 0.222. The summed E-state index contributed by atoms with van der Waals surface area (Å²) < 4.78 is 30.5. The molecule has 0 aromatic heterocycles. The molecule has 0 fully saturated rings. The highest BCUT2D eigenvalue weighted by molar-refractivity contribution is 7.92. The van der Waals surface area contributed by atoms with Crippen LogP contribution in [0, 0.1) is 0 Å². The molecule has 9 heteroatoms. The molecule has 0 saturated heterocycles. The van der Waals surface area contributed by atoms with Gasteiger partial charge in [-0.25, -0.2) is 8.42 Å². The highest BCUT2D eigenvalue weighted by atomic mass is 35.5. The van der Waals surface area contributed by atoms with Gasteiger partial charge in [-0.1, -0.05) is 11.6 Å². The first kappa shape index (κ1) is 19.3. The molecule has 1 aliphatic heterocycles. The topological polar surface area (TPSA) is 127 Å². The minimum absolute atomic E-state index is 0.106. The number of Topliss-reactive ketones (excluding diaryl/α,β-unsaturated/α-hetero) is 1. The van der Waals surface area contributed by atoms with Gasteiger partial charge in [-0.15, -0.1) is 0 Å². The van der Waals surface area contributed by atoms with Crippen molar-refractivity contribution in [1.29, 1.82) is 0 Å². The summed E-state index contributed by atoms with van der Waals surface area (Å²) in [6.45, 7) is 0. The minimum Gasteiger partial charge on any atom is -0.546 e. The first-order valence-electron chi connectivity index (χ1n) is 8.00. The van der Waals surface area contributed by atoms with Crippen molar-refractivity contribution in [2.75, 3.05) is 0 Å². The maximum absolute atomic E-state index is 12.6. The molecule has 2 aromatic carbocycles. The number of aryl methyl sites for hydroxylation is 1. The van der Waals surface area contributed by atoms with E-state index in [0.717, 1.165) is 0 Å². The maximum atomic E-state index is 12.6. The van der Waals surface area contributed by atoms with Crippen molar-refractivity contribution in [3.8, 4) is 5.75 Å². The Kier molecular flexibility index (Phi) is 5.23. The molecule has 2 atom stereocenters. The molecular weight excluding hydrogens is 394 g/mol. The number of hydrogen-bond acceptors (Lipinski definition) is 7. The van der Waals surface area contributed by atoms with Gasteiger partial charge in [0.15, 0.2) is 11.2 Å². The maximum Gasteiger partial charge on any atom is 0.201 e. The molecule has 0 saturated carbocycles. The van der Waals surface area contributed by atoms with E-state index in [2.05, 4.69) is 0 Å². The quantitative estimate of drug-likeness (QED) is 0.722. The number of hydrogen-bond donors (Lipinski definition) is 1. The monoisotopic (exact) mass is 408 g/mol. The Bertz CT molecular complexity index is 1000. The average Bonchev–Trinajstić information content (AvgIpc) is 2.66. The van der Waals surface area contributed by atoms with E-state index in [1.807, 2.05) is 0 Å². The van der Waals surface area contributed by atoms with E-state index in [1.54, 1.807) is 0 Å². The molecule has 1 aliphatic rings. The van der Waals surface area contributed by atoms with Crippen LogP contribution in [0.1, 0.15) is 22.3 Å². The number of ether oxygens (including phenoxy) is 1. The number of sulfone groups is 1. The first-order valence-corrected chi connectivity index (χ1v) is 9.92. The standard InChI is InChI=1S/C18H16ClNO6S/c19-12-3-5-13(6-4-12)27(24,25)17(20)16(21)11-2-7-14-10(9-11)1-8-15(26-14)18(22)23/h2-7,9,15,17H,1,8,20H2,(H,22,23)/p-1. The lowest BCUT2D eigenvalue weighted by molar-refractivity contribution is -0.314. The summed E-state index contributed by atoms with van der Waals surface area (Å²) in [4.78, 5) is 23.4. The van der Waals surface area contributed by atoms with Crippen LogP contribution < -0.4 is 15.6 Å². The molecule has 27 heavy (non-hydrogen) atoms. The highest BCUT2D eigenvalue weighted by Crippen LogP contribution is 2.29. The number of benzene rings is 2. The van der Waals surface area contributed by atoms with Crippen molar-refractivity contribution in [3.63, 3.8) is 0 Å². The second kappa shape index (κ2) is 7.30. The van der Waals surface area contributed by atoms with E-state index >= 15 is 0 Å². The van der Waals surface area contributed by atoms with E-state index in [9.17, 15) is 23.1 Å². The van der Waals surface area contributed by atoms with Crippen LogP contribution in [-0.2, 0) is 21.1 Å². The summed E-state index contributed by atoms with van der Waals surface area (Å²) in [6.07, 6.45) is -0.497. The van der Waals surface area contributed by atoms with Gasteiger partial charge in [0.05, 0.1) is 10.9 Å². The van der Waals surface area contributed by atoms with Crippen LogP contribution in [-0.4, -0.2) is 31.6 Å². The molecule has 7 nitrogen and oxygen atoms in total. The van der Waals surface area contributed by atoms with Crippen LogP contribution in [0.25, 0.3) is 0 Å². The zero-order chi connectivity index (χ0) is 19.8. The number of aliphatic carboxylic acids is 1. The van der Waals surface area contributed by atoms with Crippen molar-refractivity contribution in [1.82, 2.24) is 0 Å². The molecule has 0 spiro atoms. The van der Waals surface area contributed by atoms with Crippen molar-refractivity contribution >= 4 is 33.2 Å². The fourth-order valence-corrected chi connectivity index (χ4v) is 4.14. The third kappa shape index (κ3) is 3.83. The van der Waals surface area contributed by atoms with Gasteiger partial charge in [0.25, 0.3) is 0 Å². The Labute approximate surface area is 160 Å². The van der Waals surface area contributed by atoms with E-state index in [4.69, 9.17) is 22.1 Å². The Morgan fingerprint density at radius 3 is 2.48 bits per heavy atom. The fourth-order valence-electron chi connectivity index (χ4n) is 2.78. The Morgan fingerprint density at radius 1 is 1.19 bits per heavy atom. The van der Waals surface area contributed by atoms with Crippen LogP contribution in [0.5, 0.6) is 5.75 Å². The van der Waals surface area contributed by atoms with Crippen LogP contribution in [0.4, 0.5) is 0 Å². The van der Waals surface area contributed by atoms with Crippen LogP contribution in [0.15, 0.2) is 47.4 Å². The Morgan fingerprint density at radius 2 is 1.85 bits per heavy atom. The van der Waals surface area contributed by atoms with E-state index < -0.39 is 33.1 Å². The van der Waals surface area contributed by atoms with Gasteiger partial charge in [-0.3, -0.25) is 4.79 Å². The van der Waals surface area contributed by atoms with Crippen molar-refractivity contribution < 1.29 is 27.9 Å². The normalized spacial score (nSPS) is 17.5. The largest absolute Gasteiger partial charge is 0.546 e. The molecule has 2 unspecified atom stereocenters. The lowest BCUT2D eigenvalue weighted by Gasteiger charge is -2.27.